The lowest BCUT2D eigenvalue weighted by Gasteiger charge is -2.29. The van der Waals surface area contributed by atoms with E-state index in [2.05, 4.69) is 10.1 Å². The van der Waals surface area contributed by atoms with Gasteiger partial charge in [0.25, 0.3) is 22.3 Å². The Kier molecular flexibility index (Phi) is 8.31. The smallest absolute Gasteiger partial charge is 0.272 e. The van der Waals surface area contributed by atoms with E-state index < -0.39 is 22.5 Å². The number of methoxy groups -OCH3 is 1. The Bertz CT molecular complexity index is 1640. The fourth-order valence-electron chi connectivity index (χ4n) is 4.41. The van der Waals surface area contributed by atoms with Crippen LogP contribution in [0.3, 0.4) is 0 Å². The number of halogens is 1. The van der Waals surface area contributed by atoms with E-state index in [4.69, 9.17) is 35.4 Å². The van der Waals surface area contributed by atoms with Gasteiger partial charge in [-0.2, -0.15) is 9.19 Å². The molecule has 4 aromatic rings. The molecule has 40 heavy (non-hydrogen) atoms. The van der Waals surface area contributed by atoms with Crippen LogP contribution in [0.4, 0.5) is 5.88 Å². The summed E-state index contributed by atoms with van der Waals surface area (Å²) in [5, 5.41) is 25.5. The number of aryl methyl sites for hydroxylation is 1. The first-order valence-corrected chi connectivity index (χ1v) is 14.8. The van der Waals surface area contributed by atoms with Gasteiger partial charge in [-0.05, 0) is 55.7 Å². The summed E-state index contributed by atoms with van der Waals surface area (Å²) < 4.78 is 46.3. The molecule has 0 bridgehead atoms. The van der Waals surface area contributed by atoms with Crippen LogP contribution in [-0.4, -0.2) is 55.5 Å². The summed E-state index contributed by atoms with van der Waals surface area (Å²) >= 11 is 7.43. The zero-order valence-corrected chi connectivity index (χ0v) is 24.0. The molecule has 5 rings (SSSR count). The first-order chi connectivity index (χ1) is 19.2. The van der Waals surface area contributed by atoms with Crippen LogP contribution >= 0.6 is 22.9 Å². The number of rotatable bonds is 11. The molecule has 1 aromatic carbocycles. The molecule has 214 valence electrons. The number of aliphatic hydroxyl groups excluding tert-OH is 2. The fraction of sp³-hybridized carbons (Fsp3) is 0.360. The van der Waals surface area contributed by atoms with Crippen molar-refractivity contribution in [1.82, 2.24) is 10.1 Å². The van der Waals surface area contributed by atoms with Gasteiger partial charge in [-0.15, -0.1) is 11.3 Å². The summed E-state index contributed by atoms with van der Waals surface area (Å²) in [5.74, 6) is 0.155. The number of hydrogen-bond acceptors (Lipinski definition) is 12. The van der Waals surface area contributed by atoms with Crippen LogP contribution in [0.15, 0.2) is 39.9 Å². The third-order valence-electron chi connectivity index (χ3n) is 6.25. The van der Waals surface area contributed by atoms with Crippen LogP contribution in [0.5, 0.6) is 5.75 Å². The summed E-state index contributed by atoms with van der Waals surface area (Å²) in [7, 11) is -3.35. The van der Waals surface area contributed by atoms with Gasteiger partial charge in [-0.25, -0.2) is 13.4 Å². The Labute approximate surface area is 238 Å². The van der Waals surface area contributed by atoms with Crippen molar-refractivity contribution < 1.29 is 42.4 Å². The maximum absolute atomic E-state index is 14.6. The average molecular weight is 612 g/mol. The van der Waals surface area contributed by atoms with Crippen molar-refractivity contribution in [2.75, 3.05) is 24.6 Å². The Hall–Kier alpha value is -2.82. The maximum atomic E-state index is 14.6. The van der Waals surface area contributed by atoms with Crippen molar-refractivity contribution in [2.24, 2.45) is 0 Å². The molecule has 0 saturated carbocycles. The molecule has 2 unspecified atom stereocenters. The van der Waals surface area contributed by atoms with E-state index in [-0.39, 0.29) is 58.0 Å². The Morgan fingerprint density at radius 2 is 2.12 bits per heavy atom. The number of pyridine rings is 1. The third-order valence-corrected chi connectivity index (χ3v) is 9.79. The molecule has 1 aliphatic rings. The summed E-state index contributed by atoms with van der Waals surface area (Å²) in [6.45, 7) is 3.27. The minimum absolute atomic E-state index is 0.0473. The molecule has 0 amide bonds. The zero-order chi connectivity index (χ0) is 28.6. The largest absolute Gasteiger partial charge is 0.396 e. The minimum atomic E-state index is -4.62. The van der Waals surface area contributed by atoms with Crippen molar-refractivity contribution in [3.63, 3.8) is 0 Å². The number of nitrogens with zero attached hydrogens (tertiary/aromatic N) is 3. The molecular formula is C25H26ClN3O9S2. The van der Waals surface area contributed by atoms with Crippen LogP contribution in [0.25, 0.3) is 10.2 Å². The quantitative estimate of drug-likeness (QED) is 0.188. The number of aromatic nitrogens is 2. The molecule has 12 nitrogen and oxygen atoms in total. The highest BCUT2D eigenvalue weighted by Crippen LogP contribution is 2.45. The van der Waals surface area contributed by atoms with Gasteiger partial charge in [-0.1, -0.05) is 16.8 Å². The first-order valence-electron chi connectivity index (χ1n) is 12.1. The average Bonchev–Trinajstić information content (AvgIpc) is 3.65. The highest BCUT2D eigenvalue weighted by Gasteiger charge is 2.42. The van der Waals surface area contributed by atoms with E-state index in [9.17, 15) is 18.6 Å². The number of ether oxygens (including phenoxy) is 2. The second-order valence-corrected chi connectivity index (χ2v) is 11.9. The van der Waals surface area contributed by atoms with Crippen LogP contribution in [0.2, 0.25) is 5.02 Å². The third kappa shape index (κ3) is 4.94. The lowest BCUT2D eigenvalue weighted by atomic mass is 9.96. The van der Waals surface area contributed by atoms with E-state index in [0.29, 0.717) is 27.3 Å². The second-order valence-electron chi connectivity index (χ2n) is 8.72. The van der Waals surface area contributed by atoms with Crippen molar-refractivity contribution in [3.8, 4) is 5.75 Å². The molecule has 0 spiro atoms. The number of aliphatic hydroxyl groups is 2. The first kappa shape index (κ1) is 28.7. The Morgan fingerprint density at radius 1 is 1.32 bits per heavy atom. The van der Waals surface area contributed by atoms with Crippen molar-refractivity contribution in [3.05, 3.63) is 62.7 Å². The topological polar surface area (TPSA) is 154 Å². The summed E-state index contributed by atoms with van der Waals surface area (Å²) in [4.78, 5) is 14.8. The van der Waals surface area contributed by atoms with Gasteiger partial charge >= 0.3 is 0 Å². The monoisotopic (exact) mass is 611 g/mol. The van der Waals surface area contributed by atoms with Crippen LogP contribution in [0.1, 0.15) is 40.3 Å². The Balaban J connectivity index is 1.75. The standard InChI is InChI=1S/C25H26ClN3O9S2/c1-4-35-25(34-3)29(24-19(26)13(2)28-37-24)40(32,33)22-16-6-5-8-27-23(16)39-21(22)20(31)17-10-15-12-36-38-18(15)11-14(17)7-9-30/h5-6,8,10-11,20,25,30-31H,4,7,9,12H2,1-3H3. The molecule has 15 heteroatoms. The predicted molar refractivity (Wildman–Crippen MR) is 145 cm³/mol. The van der Waals surface area contributed by atoms with Gasteiger partial charge in [0, 0.05) is 37.5 Å². The molecule has 0 saturated heterocycles. The SMILES string of the molecule is CCOC(OC)N(c1onc(C)c1Cl)S(=O)(=O)c1c(C(O)c2cc3c(cc2CCO)OOC3)sc2ncccc12. The summed E-state index contributed by atoms with van der Waals surface area (Å²) in [6.07, 6.45) is -1.20. The van der Waals surface area contributed by atoms with Crippen LogP contribution in [-0.2, 0) is 37.4 Å². The van der Waals surface area contributed by atoms with E-state index in [0.717, 1.165) is 15.6 Å². The molecule has 3 aromatic heterocycles. The molecule has 2 N–H and O–H groups in total. The summed E-state index contributed by atoms with van der Waals surface area (Å²) in [5.41, 5.74) is 1.87. The van der Waals surface area contributed by atoms with Crippen molar-refractivity contribution >= 4 is 49.1 Å². The van der Waals surface area contributed by atoms with Gasteiger partial charge in [0.15, 0.2) is 5.75 Å². The molecule has 0 fully saturated rings. The van der Waals surface area contributed by atoms with Gasteiger partial charge in [0.1, 0.15) is 33.2 Å². The lowest BCUT2D eigenvalue weighted by Crippen LogP contribution is -2.43. The van der Waals surface area contributed by atoms with E-state index in [1.165, 1.54) is 13.3 Å². The number of thiophene rings is 1. The lowest BCUT2D eigenvalue weighted by molar-refractivity contribution is -0.194. The fourth-order valence-corrected chi connectivity index (χ4v) is 7.89. The van der Waals surface area contributed by atoms with E-state index in [1.54, 1.807) is 38.1 Å². The Morgan fingerprint density at radius 3 is 2.80 bits per heavy atom. The highest BCUT2D eigenvalue weighted by molar-refractivity contribution is 7.93. The molecule has 0 radical (unpaired) electrons. The highest BCUT2D eigenvalue weighted by atomic mass is 35.5. The van der Waals surface area contributed by atoms with Gasteiger partial charge < -0.3 is 29.1 Å². The van der Waals surface area contributed by atoms with Crippen molar-refractivity contribution in [1.29, 1.82) is 0 Å². The number of benzene rings is 1. The van der Waals surface area contributed by atoms with Gasteiger partial charge in [0.05, 0.1) is 4.88 Å². The zero-order valence-electron chi connectivity index (χ0n) is 21.7. The molecule has 1 aliphatic heterocycles. The van der Waals surface area contributed by atoms with Crippen LogP contribution in [0, 0.1) is 6.92 Å². The predicted octanol–water partition coefficient (Wildman–Crippen LogP) is 3.85. The maximum Gasteiger partial charge on any atom is 0.272 e. The number of anilines is 1. The number of hydrogen-bond donors (Lipinski definition) is 2. The van der Waals surface area contributed by atoms with E-state index >= 15 is 0 Å². The van der Waals surface area contributed by atoms with Crippen LogP contribution < -0.4 is 9.19 Å². The normalized spacial score (nSPS) is 14.8. The number of fused-ring (bicyclic) bond motifs is 2. The number of sulfonamides is 1. The molecule has 4 heterocycles. The van der Waals surface area contributed by atoms with E-state index in [1.807, 2.05) is 0 Å². The summed E-state index contributed by atoms with van der Waals surface area (Å²) in [6, 6.07) is 6.53. The molecular weight excluding hydrogens is 586 g/mol. The molecule has 2 atom stereocenters. The van der Waals surface area contributed by atoms with Gasteiger partial charge in [0.2, 0.25) is 0 Å². The molecule has 0 aliphatic carbocycles. The van der Waals surface area contributed by atoms with Gasteiger partial charge in [-0.3, -0.25) is 0 Å². The second kappa shape index (κ2) is 11.6. The minimum Gasteiger partial charge on any atom is -0.396 e. The van der Waals surface area contributed by atoms with Crippen molar-refractivity contribution in [2.45, 2.75) is 44.3 Å².